The third-order valence-electron chi connectivity index (χ3n) is 4.12. The van der Waals surface area contributed by atoms with Gasteiger partial charge in [-0.25, -0.2) is 0 Å². The van der Waals surface area contributed by atoms with E-state index in [4.69, 9.17) is 14.7 Å². The van der Waals surface area contributed by atoms with Gasteiger partial charge in [-0.05, 0) is 43.5 Å². The first-order valence-corrected chi connectivity index (χ1v) is 8.00. The van der Waals surface area contributed by atoms with Crippen LogP contribution >= 0.6 is 0 Å². The van der Waals surface area contributed by atoms with Gasteiger partial charge in [-0.1, -0.05) is 6.07 Å². The predicted octanol–water partition coefficient (Wildman–Crippen LogP) is 2.40. The van der Waals surface area contributed by atoms with Crippen LogP contribution in [-0.4, -0.2) is 28.9 Å². The molecule has 124 valence electrons. The number of esters is 1. The number of aryl methyl sites for hydroxylation is 1. The number of rotatable bonds is 5. The Morgan fingerprint density at radius 2 is 2.42 bits per heavy atom. The molecule has 1 aromatic heterocycles. The maximum atomic E-state index is 12.3. The average molecular weight is 325 g/mol. The minimum atomic E-state index is -0.355. The minimum Gasteiger partial charge on any atom is -0.490 e. The summed E-state index contributed by atoms with van der Waals surface area (Å²) in [5.74, 6) is 0.260. The molecule has 0 bridgehead atoms. The number of ether oxygens (including phenoxy) is 2. The van der Waals surface area contributed by atoms with Crippen molar-refractivity contribution in [1.29, 1.82) is 5.26 Å². The van der Waals surface area contributed by atoms with Crippen LogP contribution in [-0.2, 0) is 22.4 Å². The summed E-state index contributed by atoms with van der Waals surface area (Å²) in [6.45, 7) is 2.05. The van der Waals surface area contributed by atoms with E-state index >= 15 is 0 Å². The van der Waals surface area contributed by atoms with Crippen molar-refractivity contribution >= 4 is 5.97 Å². The van der Waals surface area contributed by atoms with E-state index in [1.807, 2.05) is 6.20 Å². The zero-order valence-corrected chi connectivity index (χ0v) is 13.5. The smallest absolute Gasteiger partial charge is 0.309 e. The van der Waals surface area contributed by atoms with Crippen LogP contribution in [0.5, 0.6) is 5.75 Å². The Morgan fingerprint density at radius 1 is 1.54 bits per heavy atom. The molecule has 1 heterocycles. The van der Waals surface area contributed by atoms with Crippen molar-refractivity contribution in [2.24, 2.45) is 5.92 Å². The van der Waals surface area contributed by atoms with Gasteiger partial charge in [0.05, 0.1) is 23.7 Å². The number of aromatic nitrogens is 2. The molecule has 6 nitrogen and oxygen atoms in total. The maximum absolute atomic E-state index is 12.3. The standard InChI is InChI=1S/C18H19N3O3/c1-12(11-23-16-4-2-3-13(7-16)9-19)24-18(22)14-5-6-15-10-20-21-17(15)8-14/h2-4,7,10,12,14H,5-6,8,11H2,1H3,(H,20,21)/t12-,14+/m0/s1. The van der Waals surface area contributed by atoms with E-state index in [2.05, 4.69) is 16.3 Å². The number of H-pyrrole nitrogens is 1. The molecule has 1 aliphatic rings. The highest BCUT2D eigenvalue weighted by atomic mass is 16.6. The Kier molecular flexibility index (Phi) is 4.80. The lowest BCUT2D eigenvalue weighted by Gasteiger charge is -2.22. The highest BCUT2D eigenvalue weighted by Gasteiger charge is 2.28. The van der Waals surface area contributed by atoms with Gasteiger partial charge in [0.2, 0.25) is 0 Å². The summed E-state index contributed by atoms with van der Waals surface area (Å²) in [5.41, 5.74) is 2.75. The normalized spacial score (nSPS) is 17.4. The molecular weight excluding hydrogens is 306 g/mol. The maximum Gasteiger partial charge on any atom is 0.309 e. The molecule has 0 spiro atoms. The monoisotopic (exact) mass is 325 g/mol. The van der Waals surface area contributed by atoms with E-state index in [-0.39, 0.29) is 24.6 Å². The summed E-state index contributed by atoms with van der Waals surface area (Å²) < 4.78 is 11.1. The molecule has 3 rings (SSSR count). The summed E-state index contributed by atoms with van der Waals surface area (Å²) in [7, 11) is 0. The van der Waals surface area contributed by atoms with Crippen molar-refractivity contribution in [2.75, 3.05) is 6.61 Å². The fraction of sp³-hybridized carbons (Fsp3) is 0.389. The summed E-state index contributed by atoms with van der Waals surface area (Å²) in [5, 5.41) is 15.8. The van der Waals surface area contributed by atoms with Crippen LogP contribution in [0.2, 0.25) is 0 Å². The van der Waals surface area contributed by atoms with Crippen LogP contribution in [0.1, 0.15) is 30.2 Å². The van der Waals surface area contributed by atoms with Gasteiger partial charge in [0.25, 0.3) is 0 Å². The lowest BCUT2D eigenvalue weighted by Crippen LogP contribution is -2.29. The lowest BCUT2D eigenvalue weighted by molar-refractivity contribution is -0.155. The Balaban J connectivity index is 1.49. The number of nitrogens with zero attached hydrogens (tertiary/aromatic N) is 2. The number of nitrogens with one attached hydrogen (secondary N) is 1. The van der Waals surface area contributed by atoms with E-state index in [1.54, 1.807) is 31.2 Å². The van der Waals surface area contributed by atoms with Crippen LogP contribution in [0.25, 0.3) is 0 Å². The van der Waals surface area contributed by atoms with Crippen molar-refractivity contribution in [3.8, 4) is 11.8 Å². The second-order valence-electron chi connectivity index (χ2n) is 6.01. The summed E-state index contributed by atoms with van der Waals surface area (Å²) >= 11 is 0. The van der Waals surface area contributed by atoms with Crippen molar-refractivity contribution in [2.45, 2.75) is 32.3 Å². The number of benzene rings is 1. The third-order valence-corrected chi connectivity index (χ3v) is 4.12. The van der Waals surface area contributed by atoms with Gasteiger partial charge < -0.3 is 9.47 Å². The van der Waals surface area contributed by atoms with Gasteiger partial charge in [-0.3, -0.25) is 9.89 Å². The second-order valence-corrected chi connectivity index (χ2v) is 6.01. The molecule has 1 aromatic carbocycles. The van der Waals surface area contributed by atoms with E-state index in [1.165, 1.54) is 5.56 Å². The molecule has 6 heteroatoms. The zero-order valence-electron chi connectivity index (χ0n) is 13.5. The Hall–Kier alpha value is -2.81. The SMILES string of the molecule is C[C@@H](COc1cccc(C#N)c1)OC(=O)[C@@H]1CCc2cn[nH]c2C1. The number of aromatic amines is 1. The Morgan fingerprint density at radius 3 is 3.25 bits per heavy atom. The molecule has 0 saturated heterocycles. The largest absolute Gasteiger partial charge is 0.490 e. The number of carbonyl (C=O) groups excluding carboxylic acids is 1. The van der Waals surface area contributed by atoms with Gasteiger partial charge in [0.1, 0.15) is 18.5 Å². The molecule has 1 aliphatic carbocycles. The molecule has 24 heavy (non-hydrogen) atoms. The molecule has 2 aromatic rings. The molecule has 0 unspecified atom stereocenters. The molecule has 0 fully saturated rings. The summed E-state index contributed by atoms with van der Waals surface area (Å²) in [6, 6.07) is 8.97. The van der Waals surface area contributed by atoms with E-state index in [0.717, 1.165) is 18.5 Å². The Bertz CT molecular complexity index is 763. The minimum absolute atomic E-state index is 0.137. The van der Waals surface area contributed by atoms with Gasteiger partial charge in [0, 0.05) is 12.1 Å². The van der Waals surface area contributed by atoms with Gasteiger partial charge in [-0.15, -0.1) is 0 Å². The van der Waals surface area contributed by atoms with Crippen molar-refractivity contribution in [3.05, 3.63) is 47.3 Å². The molecule has 0 amide bonds. The van der Waals surface area contributed by atoms with Gasteiger partial charge in [-0.2, -0.15) is 10.4 Å². The topological polar surface area (TPSA) is 88.0 Å². The highest BCUT2D eigenvalue weighted by molar-refractivity contribution is 5.73. The fourth-order valence-corrected chi connectivity index (χ4v) is 2.81. The number of fused-ring (bicyclic) bond motifs is 1. The van der Waals surface area contributed by atoms with Gasteiger partial charge >= 0.3 is 5.97 Å². The molecule has 1 N–H and O–H groups in total. The van der Waals surface area contributed by atoms with Crippen LogP contribution < -0.4 is 4.74 Å². The van der Waals surface area contributed by atoms with Gasteiger partial charge in [0.15, 0.2) is 0 Å². The molecule has 0 saturated carbocycles. The fourth-order valence-electron chi connectivity index (χ4n) is 2.81. The van der Waals surface area contributed by atoms with Crippen LogP contribution in [0.3, 0.4) is 0 Å². The average Bonchev–Trinajstić information content (AvgIpc) is 3.07. The number of carbonyl (C=O) groups is 1. The highest BCUT2D eigenvalue weighted by Crippen LogP contribution is 2.25. The molecule has 0 aliphatic heterocycles. The predicted molar refractivity (Wildman–Crippen MR) is 86.3 cm³/mol. The molecule has 2 atom stereocenters. The summed E-state index contributed by atoms with van der Waals surface area (Å²) in [4.78, 5) is 12.3. The van der Waals surface area contributed by atoms with Crippen LogP contribution in [0.15, 0.2) is 30.5 Å². The third kappa shape index (κ3) is 3.74. The number of hydrogen-bond donors (Lipinski definition) is 1. The first-order chi connectivity index (χ1) is 11.7. The van der Waals surface area contributed by atoms with Crippen molar-refractivity contribution in [1.82, 2.24) is 10.2 Å². The van der Waals surface area contributed by atoms with Crippen LogP contribution in [0.4, 0.5) is 0 Å². The quantitative estimate of drug-likeness (QED) is 0.853. The molecular formula is C18H19N3O3. The van der Waals surface area contributed by atoms with E-state index in [0.29, 0.717) is 17.7 Å². The lowest BCUT2D eigenvalue weighted by atomic mass is 9.88. The van der Waals surface area contributed by atoms with Crippen LogP contribution in [0, 0.1) is 17.2 Å². The number of nitriles is 1. The second kappa shape index (κ2) is 7.18. The van der Waals surface area contributed by atoms with E-state index < -0.39 is 0 Å². The zero-order chi connectivity index (χ0) is 16.9. The molecule has 0 radical (unpaired) electrons. The first kappa shape index (κ1) is 16.1. The Labute approximate surface area is 140 Å². The summed E-state index contributed by atoms with van der Waals surface area (Å²) in [6.07, 6.45) is 3.74. The first-order valence-electron chi connectivity index (χ1n) is 8.00. The van der Waals surface area contributed by atoms with Crippen molar-refractivity contribution < 1.29 is 14.3 Å². The number of hydrogen-bond acceptors (Lipinski definition) is 5. The van der Waals surface area contributed by atoms with Crippen molar-refractivity contribution in [3.63, 3.8) is 0 Å². The van der Waals surface area contributed by atoms with E-state index in [9.17, 15) is 4.79 Å².